The normalized spacial score (nSPS) is 18.4. The number of hydrogen-bond acceptors (Lipinski definition) is 7. The van der Waals surface area contributed by atoms with E-state index in [1.54, 1.807) is 25.3 Å². The molecular formula is C19H26BNO7. The second kappa shape index (κ2) is 8.61. The van der Waals surface area contributed by atoms with E-state index < -0.39 is 25.0 Å². The molecule has 9 heteroatoms. The molecule has 1 fully saturated rings. The Balaban J connectivity index is 1.63. The molecule has 1 saturated heterocycles. The first-order valence-electron chi connectivity index (χ1n) is 9.32. The second-order valence-corrected chi connectivity index (χ2v) is 7.81. The van der Waals surface area contributed by atoms with Gasteiger partial charge < -0.3 is 29.2 Å². The number of carbonyl (C=O) groups is 2. The Labute approximate surface area is 164 Å². The van der Waals surface area contributed by atoms with Crippen LogP contribution in [0.25, 0.3) is 0 Å². The van der Waals surface area contributed by atoms with Crippen LogP contribution in [0.3, 0.4) is 0 Å². The summed E-state index contributed by atoms with van der Waals surface area (Å²) in [5.41, 5.74) is 1.45. The number of carbonyl (C=O) groups excluding carboxylic acids is 2. The van der Waals surface area contributed by atoms with Gasteiger partial charge in [-0.1, -0.05) is 19.9 Å². The summed E-state index contributed by atoms with van der Waals surface area (Å²) in [6.07, 6.45) is 0. The molecule has 0 saturated carbocycles. The molecular weight excluding hydrogens is 365 g/mol. The Morgan fingerprint density at radius 1 is 1.32 bits per heavy atom. The maximum Gasteiger partial charge on any atom is 0.491 e. The lowest BCUT2D eigenvalue weighted by molar-refractivity contribution is -0.184. The van der Waals surface area contributed by atoms with Crippen molar-refractivity contribution >= 4 is 24.5 Å². The predicted molar refractivity (Wildman–Crippen MR) is 101 cm³/mol. The Bertz CT molecular complexity index is 735. The quantitative estimate of drug-likeness (QED) is 0.470. The molecule has 0 radical (unpaired) electrons. The zero-order valence-corrected chi connectivity index (χ0v) is 16.4. The SMILES string of the molecule is COCC1(COC(=O)[C@@H](NC(=O)c2ccc3c(c2)B(O)OC3)C(C)C)COC1. The first-order valence-corrected chi connectivity index (χ1v) is 9.32. The highest BCUT2D eigenvalue weighted by molar-refractivity contribution is 6.61. The summed E-state index contributed by atoms with van der Waals surface area (Å²) >= 11 is 0. The molecule has 0 aromatic heterocycles. The van der Waals surface area contributed by atoms with Crippen LogP contribution in [0.4, 0.5) is 0 Å². The van der Waals surface area contributed by atoms with Gasteiger partial charge in [-0.25, -0.2) is 4.79 Å². The molecule has 152 valence electrons. The lowest BCUT2D eigenvalue weighted by Gasteiger charge is -2.40. The largest absolute Gasteiger partial charge is 0.491 e. The number of fused-ring (bicyclic) bond motifs is 1. The molecule has 2 aliphatic rings. The lowest BCUT2D eigenvalue weighted by Crippen LogP contribution is -2.52. The number of methoxy groups -OCH3 is 1. The zero-order chi connectivity index (χ0) is 20.3. The summed E-state index contributed by atoms with van der Waals surface area (Å²) in [5.74, 6) is -1.05. The van der Waals surface area contributed by atoms with Gasteiger partial charge in [-0.3, -0.25) is 4.79 Å². The van der Waals surface area contributed by atoms with Crippen LogP contribution in [0.2, 0.25) is 0 Å². The molecule has 2 N–H and O–H groups in total. The van der Waals surface area contributed by atoms with Crippen molar-refractivity contribution in [2.45, 2.75) is 26.5 Å². The number of esters is 1. The molecule has 1 aromatic rings. The van der Waals surface area contributed by atoms with Gasteiger partial charge in [0.15, 0.2) is 0 Å². The van der Waals surface area contributed by atoms with E-state index >= 15 is 0 Å². The number of hydrogen-bond donors (Lipinski definition) is 2. The van der Waals surface area contributed by atoms with Crippen LogP contribution in [0.1, 0.15) is 29.8 Å². The molecule has 8 nitrogen and oxygen atoms in total. The summed E-state index contributed by atoms with van der Waals surface area (Å²) in [6, 6.07) is 4.19. The van der Waals surface area contributed by atoms with E-state index in [1.165, 1.54) is 0 Å². The molecule has 2 heterocycles. The van der Waals surface area contributed by atoms with Crippen molar-refractivity contribution in [3.05, 3.63) is 29.3 Å². The molecule has 0 aliphatic carbocycles. The number of ether oxygens (including phenoxy) is 3. The van der Waals surface area contributed by atoms with Gasteiger partial charge in [0.25, 0.3) is 5.91 Å². The summed E-state index contributed by atoms with van der Waals surface area (Å²) in [5, 5.41) is 12.6. The van der Waals surface area contributed by atoms with Crippen LogP contribution in [0, 0.1) is 11.3 Å². The third kappa shape index (κ3) is 4.38. The van der Waals surface area contributed by atoms with E-state index in [1.807, 2.05) is 13.8 Å². The molecule has 0 spiro atoms. The van der Waals surface area contributed by atoms with Crippen molar-refractivity contribution in [1.82, 2.24) is 5.32 Å². The Morgan fingerprint density at radius 2 is 2.07 bits per heavy atom. The molecule has 1 atom stereocenters. The van der Waals surface area contributed by atoms with Crippen LogP contribution < -0.4 is 10.8 Å². The van der Waals surface area contributed by atoms with Crippen LogP contribution in [0.5, 0.6) is 0 Å². The van der Waals surface area contributed by atoms with Crippen LogP contribution in [-0.2, 0) is 30.3 Å². The molecule has 0 unspecified atom stereocenters. The minimum atomic E-state index is -1.03. The third-order valence-electron chi connectivity index (χ3n) is 5.07. The molecule has 28 heavy (non-hydrogen) atoms. The fourth-order valence-electron chi connectivity index (χ4n) is 3.30. The summed E-state index contributed by atoms with van der Waals surface area (Å²) in [7, 11) is 0.563. The first-order chi connectivity index (χ1) is 13.3. The molecule has 2 aliphatic heterocycles. The predicted octanol–water partition coefficient (Wildman–Crippen LogP) is -0.135. The third-order valence-corrected chi connectivity index (χ3v) is 5.07. The molecule has 3 rings (SSSR count). The highest BCUT2D eigenvalue weighted by atomic mass is 16.6. The number of amides is 1. The van der Waals surface area contributed by atoms with Gasteiger partial charge in [0.1, 0.15) is 12.6 Å². The van der Waals surface area contributed by atoms with E-state index in [2.05, 4.69) is 5.32 Å². The van der Waals surface area contributed by atoms with Gasteiger partial charge >= 0.3 is 13.1 Å². The Kier molecular flexibility index (Phi) is 6.39. The van der Waals surface area contributed by atoms with Crippen molar-refractivity contribution in [3.8, 4) is 0 Å². The van der Waals surface area contributed by atoms with E-state index in [9.17, 15) is 14.6 Å². The van der Waals surface area contributed by atoms with Crippen LogP contribution in [-0.4, -0.2) is 63.6 Å². The van der Waals surface area contributed by atoms with Gasteiger partial charge in [0.05, 0.1) is 31.8 Å². The van der Waals surface area contributed by atoms with Crippen LogP contribution in [0.15, 0.2) is 18.2 Å². The van der Waals surface area contributed by atoms with E-state index in [-0.39, 0.29) is 17.9 Å². The molecule has 0 bridgehead atoms. The first kappa shape index (κ1) is 20.8. The van der Waals surface area contributed by atoms with Gasteiger partial charge in [-0.05, 0) is 29.1 Å². The Morgan fingerprint density at radius 3 is 2.68 bits per heavy atom. The van der Waals surface area contributed by atoms with Gasteiger partial charge in [-0.2, -0.15) is 0 Å². The highest BCUT2D eigenvalue weighted by Gasteiger charge is 2.41. The average molecular weight is 391 g/mol. The fraction of sp³-hybridized carbons (Fsp3) is 0.579. The maximum atomic E-state index is 12.7. The highest BCUT2D eigenvalue weighted by Crippen LogP contribution is 2.28. The zero-order valence-electron chi connectivity index (χ0n) is 16.4. The van der Waals surface area contributed by atoms with Crippen LogP contribution >= 0.6 is 0 Å². The van der Waals surface area contributed by atoms with Crippen molar-refractivity contribution < 1.29 is 33.5 Å². The van der Waals surface area contributed by atoms with Gasteiger partial charge in [-0.15, -0.1) is 0 Å². The van der Waals surface area contributed by atoms with Crippen molar-refractivity contribution in [1.29, 1.82) is 0 Å². The lowest BCUT2D eigenvalue weighted by atomic mass is 9.78. The van der Waals surface area contributed by atoms with Gasteiger partial charge in [0, 0.05) is 12.7 Å². The van der Waals surface area contributed by atoms with E-state index in [0.717, 1.165) is 5.56 Å². The maximum absolute atomic E-state index is 12.7. The average Bonchev–Trinajstić information content (AvgIpc) is 3.01. The van der Waals surface area contributed by atoms with Crippen molar-refractivity contribution in [3.63, 3.8) is 0 Å². The topological polar surface area (TPSA) is 103 Å². The number of rotatable bonds is 8. The van der Waals surface area contributed by atoms with E-state index in [4.69, 9.17) is 18.9 Å². The minimum absolute atomic E-state index is 0.157. The van der Waals surface area contributed by atoms with Crippen molar-refractivity contribution in [2.24, 2.45) is 11.3 Å². The molecule has 1 aromatic carbocycles. The second-order valence-electron chi connectivity index (χ2n) is 7.81. The fourth-order valence-corrected chi connectivity index (χ4v) is 3.30. The van der Waals surface area contributed by atoms with E-state index in [0.29, 0.717) is 37.5 Å². The standard InChI is InChI=1S/C19H26BNO7/c1-12(2)16(18(23)27-11-19(8-25-3)9-26-10-19)21-17(22)13-4-5-14-7-28-20(24)15(14)6-13/h4-6,12,16,24H,7-11H2,1-3H3,(H,21,22)/t16-/m0/s1. The Hall–Kier alpha value is -1.94. The van der Waals surface area contributed by atoms with Crippen molar-refractivity contribution in [2.75, 3.05) is 33.5 Å². The summed E-state index contributed by atoms with van der Waals surface area (Å²) in [4.78, 5) is 25.3. The van der Waals surface area contributed by atoms with Gasteiger partial charge in [0.2, 0.25) is 0 Å². The monoisotopic (exact) mass is 391 g/mol. The smallest absolute Gasteiger partial charge is 0.463 e. The number of nitrogens with one attached hydrogen (secondary N) is 1. The summed E-state index contributed by atoms with van der Waals surface area (Å²) in [6.45, 7) is 5.57. The number of benzene rings is 1. The molecule has 1 amide bonds. The summed E-state index contributed by atoms with van der Waals surface area (Å²) < 4.78 is 21.0. The minimum Gasteiger partial charge on any atom is -0.463 e.